The molecule has 148 valence electrons. The number of pyridine rings is 1. The van der Waals surface area contributed by atoms with Crippen molar-refractivity contribution in [1.82, 2.24) is 19.9 Å². The number of carbonyl (C=O) groups excluding carboxylic acids is 1. The summed E-state index contributed by atoms with van der Waals surface area (Å²) in [6.45, 7) is 1.27. The van der Waals surface area contributed by atoms with Crippen LogP contribution in [0.25, 0.3) is 11.2 Å². The number of amides is 1. The first-order valence-corrected chi connectivity index (χ1v) is 9.65. The molecule has 2 aromatic heterocycles. The molecule has 0 aliphatic rings. The number of nitrogens with zero attached hydrogens (tertiary/aromatic N) is 4. The van der Waals surface area contributed by atoms with Crippen molar-refractivity contribution in [3.05, 3.63) is 51.1 Å². The summed E-state index contributed by atoms with van der Waals surface area (Å²) in [5.74, 6) is 0.471. The van der Waals surface area contributed by atoms with Crippen molar-refractivity contribution in [2.75, 3.05) is 31.6 Å². The molecular weight excluding hydrogens is 423 g/mol. The smallest absolute Gasteiger partial charge is 0.236 e. The van der Waals surface area contributed by atoms with Gasteiger partial charge in [-0.1, -0.05) is 34.8 Å². The van der Waals surface area contributed by atoms with Crippen molar-refractivity contribution >= 4 is 57.8 Å². The van der Waals surface area contributed by atoms with E-state index in [0.717, 1.165) is 11.1 Å². The van der Waals surface area contributed by atoms with Gasteiger partial charge >= 0.3 is 0 Å². The van der Waals surface area contributed by atoms with E-state index in [1.807, 2.05) is 18.0 Å². The number of hydrogen-bond donors (Lipinski definition) is 2. The molecule has 0 atom stereocenters. The van der Waals surface area contributed by atoms with Crippen LogP contribution in [0.1, 0.15) is 5.56 Å². The van der Waals surface area contributed by atoms with Gasteiger partial charge in [0.1, 0.15) is 5.15 Å². The number of likely N-dealkylation sites (N-methyl/N-ethyl adjacent to an activating group) is 1. The first-order chi connectivity index (χ1) is 13.4. The molecule has 10 heteroatoms. The molecule has 1 aromatic carbocycles. The first kappa shape index (κ1) is 20.7. The summed E-state index contributed by atoms with van der Waals surface area (Å²) < 4.78 is 0. The average molecular weight is 442 g/mol. The summed E-state index contributed by atoms with van der Waals surface area (Å²) in [4.78, 5) is 27.6. The van der Waals surface area contributed by atoms with Gasteiger partial charge in [-0.2, -0.15) is 4.98 Å². The lowest BCUT2D eigenvalue weighted by atomic mass is 10.2. The first-order valence-electron chi connectivity index (χ1n) is 8.52. The number of benzene rings is 1. The van der Waals surface area contributed by atoms with Crippen molar-refractivity contribution in [2.24, 2.45) is 5.73 Å². The second-order valence-corrected chi connectivity index (χ2v) is 7.54. The molecule has 0 fully saturated rings. The number of aromatic amines is 1. The number of rotatable bonds is 7. The lowest BCUT2D eigenvalue weighted by molar-refractivity contribution is -0.130. The highest BCUT2D eigenvalue weighted by molar-refractivity contribution is 6.34. The Morgan fingerprint density at radius 1 is 1.11 bits per heavy atom. The minimum Gasteiger partial charge on any atom is -0.344 e. The highest BCUT2D eigenvalue weighted by atomic mass is 35.5. The molecule has 3 aromatic rings. The lowest BCUT2D eigenvalue weighted by Crippen LogP contribution is -2.40. The van der Waals surface area contributed by atoms with Crippen LogP contribution in [0, 0.1) is 0 Å². The highest BCUT2D eigenvalue weighted by Gasteiger charge is 2.16. The Bertz CT molecular complexity index is 972. The molecule has 28 heavy (non-hydrogen) atoms. The number of hydrogen-bond acceptors (Lipinski definition) is 5. The van der Waals surface area contributed by atoms with Crippen LogP contribution in [0.3, 0.4) is 0 Å². The van der Waals surface area contributed by atoms with E-state index in [0.29, 0.717) is 46.4 Å². The van der Waals surface area contributed by atoms with E-state index in [9.17, 15) is 4.79 Å². The van der Waals surface area contributed by atoms with E-state index < -0.39 is 0 Å². The third-order valence-electron chi connectivity index (χ3n) is 4.19. The van der Waals surface area contributed by atoms with Crippen molar-refractivity contribution in [2.45, 2.75) is 6.54 Å². The number of imidazole rings is 1. The molecule has 0 saturated heterocycles. The summed E-state index contributed by atoms with van der Waals surface area (Å²) in [6, 6.07) is 8.73. The zero-order valence-electron chi connectivity index (χ0n) is 15.1. The topological polar surface area (TPSA) is 91.1 Å². The standard InChI is InChI=1S/C18H19Cl3N6O/c1-26(18-23-14-2-3-15(21)24-17(14)25-18)4-5-27(16(28)9-22)10-11-6-12(19)8-13(20)7-11/h2-3,6-8H,4-5,9-10,22H2,1H3,(H,23,24,25). The Hall–Kier alpha value is -2.06. The monoisotopic (exact) mass is 440 g/mol. The molecule has 3 rings (SSSR count). The molecule has 3 N–H and O–H groups in total. The Labute approximate surface area is 177 Å². The lowest BCUT2D eigenvalue weighted by Gasteiger charge is -2.25. The van der Waals surface area contributed by atoms with Gasteiger partial charge in [-0.25, -0.2) is 4.98 Å². The predicted molar refractivity (Wildman–Crippen MR) is 113 cm³/mol. The van der Waals surface area contributed by atoms with Gasteiger partial charge in [-0.15, -0.1) is 0 Å². The van der Waals surface area contributed by atoms with E-state index in [-0.39, 0.29) is 12.5 Å². The summed E-state index contributed by atoms with van der Waals surface area (Å²) in [5, 5.41) is 1.43. The SMILES string of the molecule is CN(CCN(Cc1cc(Cl)cc(Cl)c1)C(=O)CN)c1nc2nc(Cl)ccc2[nH]1. The number of carbonyl (C=O) groups is 1. The van der Waals surface area contributed by atoms with E-state index in [2.05, 4.69) is 15.0 Å². The van der Waals surface area contributed by atoms with Crippen LogP contribution in [0.5, 0.6) is 0 Å². The van der Waals surface area contributed by atoms with E-state index in [1.54, 1.807) is 29.2 Å². The second-order valence-electron chi connectivity index (χ2n) is 6.28. The van der Waals surface area contributed by atoms with Crippen molar-refractivity contribution < 1.29 is 4.79 Å². The molecule has 0 saturated carbocycles. The molecule has 0 bridgehead atoms. The van der Waals surface area contributed by atoms with E-state index >= 15 is 0 Å². The second kappa shape index (κ2) is 8.96. The molecule has 0 aliphatic heterocycles. The zero-order chi connectivity index (χ0) is 20.3. The van der Waals surface area contributed by atoms with Gasteiger partial charge in [0.25, 0.3) is 0 Å². The maximum atomic E-state index is 12.3. The summed E-state index contributed by atoms with van der Waals surface area (Å²) in [5.41, 5.74) is 7.74. The summed E-state index contributed by atoms with van der Waals surface area (Å²) >= 11 is 18.0. The Morgan fingerprint density at radius 3 is 2.50 bits per heavy atom. The maximum Gasteiger partial charge on any atom is 0.236 e. The molecule has 0 aliphatic carbocycles. The Kier molecular flexibility index (Phi) is 6.61. The normalized spacial score (nSPS) is 11.0. The van der Waals surface area contributed by atoms with Crippen LogP contribution in [0.2, 0.25) is 15.2 Å². The molecule has 0 unspecified atom stereocenters. The summed E-state index contributed by atoms with van der Waals surface area (Å²) in [7, 11) is 1.88. The zero-order valence-corrected chi connectivity index (χ0v) is 17.4. The number of H-pyrrole nitrogens is 1. The van der Waals surface area contributed by atoms with Gasteiger partial charge in [-0.05, 0) is 35.9 Å². The number of fused-ring (bicyclic) bond motifs is 1. The highest BCUT2D eigenvalue weighted by Crippen LogP contribution is 2.21. The Balaban J connectivity index is 1.70. The number of nitrogens with one attached hydrogen (secondary N) is 1. The van der Waals surface area contributed by atoms with Crippen LogP contribution in [0.15, 0.2) is 30.3 Å². The van der Waals surface area contributed by atoms with Gasteiger partial charge in [-0.3, -0.25) is 4.79 Å². The van der Waals surface area contributed by atoms with Crippen LogP contribution in [-0.2, 0) is 11.3 Å². The van der Waals surface area contributed by atoms with Gasteiger partial charge in [0.05, 0.1) is 12.1 Å². The fourth-order valence-electron chi connectivity index (χ4n) is 2.76. The number of anilines is 1. The largest absolute Gasteiger partial charge is 0.344 e. The third-order valence-corrected chi connectivity index (χ3v) is 4.84. The van der Waals surface area contributed by atoms with Gasteiger partial charge in [0.15, 0.2) is 5.65 Å². The van der Waals surface area contributed by atoms with Crippen LogP contribution in [-0.4, -0.2) is 52.4 Å². The van der Waals surface area contributed by atoms with Crippen LogP contribution in [0.4, 0.5) is 5.95 Å². The fraction of sp³-hybridized carbons (Fsp3) is 0.278. The molecule has 2 heterocycles. The molecule has 1 amide bonds. The average Bonchev–Trinajstić information content (AvgIpc) is 3.06. The van der Waals surface area contributed by atoms with Crippen molar-refractivity contribution in [3.8, 4) is 0 Å². The van der Waals surface area contributed by atoms with Gasteiger partial charge < -0.3 is 20.5 Å². The van der Waals surface area contributed by atoms with E-state index in [1.165, 1.54) is 0 Å². The van der Waals surface area contributed by atoms with Gasteiger partial charge in [0.2, 0.25) is 11.9 Å². The van der Waals surface area contributed by atoms with Gasteiger partial charge in [0, 0.05) is 36.7 Å². The fourth-order valence-corrected chi connectivity index (χ4v) is 3.47. The number of halogens is 3. The van der Waals surface area contributed by atoms with Crippen molar-refractivity contribution in [1.29, 1.82) is 0 Å². The van der Waals surface area contributed by atoms with Crippen LogP contribution < -0.4 is 10.6 Å². The minimum absolute atomic E-state index is 0.0783. The number of aromatic nitrogens is 3. The molecular formula is C18H19Cl3N6O. The minimum atomic E-state index is -0.164. The third kappa shape index (κ3) is 5.05. The maximum absolute atomic E-state index is 12.3. The molecule has 7 nitrogen and oxygen atoms in total. The summed E-state index contributed by atoms with van der Waals surface area (Å²) in [6.07, 6.45) is 0. The number of nitrogens with two attached hydrogens (primary N) is 1. The Morgan fingerprint density at radius 2 is 1.82 bits per heavy atom. The van der Waals surface area contributed by atoms with Crippen molar-refractivity contribution in [3.63, 3.8) is 0 Å². The van der Waals surface area contributed by atoms with Crippen LogP contribution >= 0.6 is 34.8 Å². The predicted octanol–water partition coefficient (Wildman–Crippen LogP) is 3.34. The van der Waals surface area contributed by atoms with E-state index in [4.69, 9.17) is 40.5 Å². The quantitative estimate of drug-likeness (QED) is 0.549. The molecule has 0 spiro atoms. The molecule has 0 radical (unpaired) electrons.